The second kappa shape index (κ2) is 8.81. The lowest BCUT2D eigenvalue weighted by molar-refractivity contribution is 0.0944. The van der Waals surface area contributed by atoms with Crippen molar-refractivity contribution in [3.05, 3.63) is 46.2 Å². The van der Waals surface area contributed by atoms with Gasteiger partial charge >= 0.3 is 0 Å². The van der Waals surface area contributed by atoms with Gasteiger partial charge in [0, 0.05) is 38.9 Å². The molecule has 4 aromatic rings. The maximum Gasteiger partial charge on any atom is 0.259 e. The van der Waals surface area contributed by atoms with E-state index < -0.39 is 0 Å². The van der Waals surface area contributed by atoms with E-state index in [0.29, 0.717) is 46.9 Å². The first kappa shape index (κ1) is 22.7. The van der Waals surface area contributed by atoms with E-state index in [1.165, 1.54) is 0 Å². The molecule has 192 valence electrons. The molecule has 3 aliphatic rings. The summed E-state index contributed by atoms with van der Waals surface area (Å²) in [5, 5.41) is 6.75. The number of imidazole rings is 1. The van der Waals surface area contributed by atoms with Crippen LogP contribution < -0.4 is 21.0 Å². The molecule has 3 aliphatic heterocycles. The molecule has 7 rings (SSSR count). The summed E-state index contributed by atoms with van der Waals surface area (Å²) in [6, 6.07) is 7.83. The quantitative estimate of drug-likeness (QED) is 0.389. The van der Waals surface area contributed by atoms with Gasteiger partial charge in [-0.3, -0.25) is 14.0 Å². The third-order valence-electron chi connectivity index (χ3n) is 8.49. The Labute approximate surface area is 214 Å². The third-order valence-corrected chi connectivity index (χ3v) is 8.49. The number of aromatic nitrogens is 4. The fourth-order valence-electron chi connectivity index (χ4n) is 6.57. The first-order valence-electron chi connectivity index (χ1n) is 13.3. The van der Waals surface area contributed by atoms with Crippen molar-refractivity contribution in [2.24, 2.45) is 17.8 Å². The van der Waals surface area contributed by atoms with E-state index in [4.69, 9.17) is 4.98 Å². The van der Waals surface area contributed by atoms with Crippen LogP contribution in [0.1, 0.15) is 23.2 Å². The molecule has 0 radical (unpaired) electrons. The maximum atomic E-state index is 13.7. The number of carbonyl (C=O) groups is 1. The smallest absolute Gasteiger partial charge is 0.259 e. The lowest BCUT2D eigenvalue weighted by atomic mass is 9.98. The number of hydrogen-bond acceptors (Lipinski definition) is 7. The first-order valence-corrected chi connectivity index (χ1v) is 13.3. The average Bonchev–Trinajstić information content (AvgIpc) is 3.59. The Kier molecular flexibility index (Phi) is 5.40. The van der Waals surface area contributed by atoms with Gasteiger partial charge in [-0.25, -0.2) is 4.98 Å². The number of hydrogen-bond donors (Lipinski definition) is 3. The van der Waals surface area contributed by atoms with Crippen molar-refractivity contribution >= 4 is 39.6 Å². The molecule has 3 N–H and O–H groups in total. The summed E-state index contributed by atoms with van der Waals surface area (Å²) in [6.45, 7) is 6.51. The zero-order valence-electron chi connectivity index (χ0n) is 21.0. The number of nitrogens with one attached hydrogen (secondary N) is 3. The molecule has 10 heteroatoms. The van der Waals surface area contributed by atoms with E-state index in [2.05, 4.69) is 37.4 Å². The SMILES string of the molecule is CN1CC2CN(c3ncc4c(=O)c(C(=O)NCC5CCNCC5)c5[nH]c6ccccc6n5c4n3)CC2C1. The van der Waals surface area contributed by atoms with Crippen molar-refractivity contribution in [3.8, 4) is 0 Å². The molecule has 0 aliphatic carbocycles. The van der Waals surface area contributed by atoms with Crippen molar-refractivity contribution in [2.75, 3.05) is 57.8 Å². The van der Waals surface area contributed by atoms with Gasteiger partial charge < -0.3 is 25.4 Å². The van der Waals surface area contributed by atoms with Gasteiger partial charge in [-0.2, -0.15) is 4.98 Å². The Morgan fingerprint density at radius 2 is 1.86 bits per heavy atom. The molecule has 10 nitrogen and oxygen atoms in total. The fraction of sp³-hybridized carbons (Fsp3) is 0.481. The van der Waals surface area contributed by atoms with Crippen LogP contribution in [0.4, 0.5) is 5.95 Å². The van der Waals surface area contributed by atoms with Crippen LogP contribution in [0.2, 0.25) is 0 Å². The maximum absolute atomic E-state index is 13.7. The van der Waals surface area contributed by atoms with Gasteiger partial charge in [0.1, 0.15) is 11.2 Å². The molecule has 2 unspecified atom stereocenters. The van der Waals surface area contributed by atoms with Crippen LogP contribution in [0.5, 0.6) is 0 Å². The zero-order chi connectivity index (χ0) is 25.1. The van der Waals surface area contributed by atoms with Crippen molar-refractivity contribution in [1.82, 2.24) is 34.9 Å². The number of aromatic amines is 1. The van der Waals surface area contributed by atoms with Crippen molar-refractivity contribution in [3.63, 3.8) is 0 Å². The van der Waals surface area contributed by atoms with E-state index >= 15 is 0 Å². The summed E-state index contributed by atoms with van der Waals surface area (Å²) in [7, 11) is 2.18. The summed E-state index contributed by atoms with van der Waals surface area (Å²) in [5.41, 5.74) is 2.52. The molecule has 1 aromatic carbocycles. The number of anilines is 1. The molecule has 3 aromatic heterocycles. The van der Waals surface area contributed by atoms with Crippen molar-refractivity contribution in [1.29, 1.82) is 0 Å². The molecule has 0 saturated carbocycles. The third kappa shape index (κ3) is 3.77. The second-order valence-corrected chi connectivity index (χ2v) is 11.0. The number of pyridine rings is 1. The van der Waals surface area contributed by atoms with Crippen LogP contribution in [0, 0.1) is 17.8 Å². The van der Waals surface area contributed by atoms with Gasteiger partial charge in [-0.15, -0.1) is 0 Å². The van der Waals surface area contributed by atoms with Gasteiger partial charge in [0.2, 0.25) is 11.4 Å². The highest BCUT2D eigenvalue weighted by Crippen LogP contribution is 2.32. The molecule has 1 amide bonds. The van der Waals surface area contributed by atoms with Gasteiger partial charge in [-0.1, -0.05) is 12.1 Å². The summed E-state index contributed by atoms with van der Waals surface area (Å²) >= 11 is 0. The van der Waals surface area contributed by atoms with E-state index in [-0.39, 0.29) is 16.9 Å². The van der Waals surface area contributed by atoms with E-state index in [1.807, 2.05) is 28.7 Å². The van der Waals surface area contributed by atoms with E-state index in [9.17, 15) is 9.59 Å². The highest BCUT2D eigenvalue weighted by atomic mass is 16.2. The lowest BCUT2D eigenvalue weighted by Gasteiger charge is -2.22. The predicted molar refractivity (Wildman–Crippen MR) is 143 cm³/mol. The Hall–Kier alpha value is -3.50. The monoisotopic (exact) mass is 500 g/mol. The number of piperidine rings is 1. The number of H-pyrrole nitrogens is 1. The van der Waals surface area contributed by atoms with Crippen LogP contribution in [0.15, 0.2) is 35.3 Å². The molecule has 2 atom stereocenters. The minimum atomic E-state index is -0.352. The number of benzene rings is 1. The number of likely N-dealkylation sites (tertiary alicyclic amines) is 1. The fourth-order valence-corrected chi connectivity index (χ4v) is 6.57. The predicted octanol–water partition coefficient (Wildman–Crippen LogP) is 1.45. The van der Waals surface area contributed by atoms with Gasteiger partial charge in [0.25, 0.3) is 5.91 Å². The van der Waals surface area contributed by atoms with Crippen LogP contribution >= 0.6 is 0 Å². The normalized spacial score (nSPS) is 22.9. The summed E-state index contributed by atoms with van der Waals surface area (Å²) in [4.78, 5) is 44.7. The molecule has 0 bridgehead atoms. The first-order chi connectivity index (χ1) is 18.1. The standard InChI is InChI=1S/C27H32N8O2/c1-33-12-17-14-34(15-18(17)13-33)27-30-11-19-23(36)22(26(37)29-10-16-6-8-28-9-7-16)25-31-20-4-2-3-5-21(20)35(25)24(19)32-27/h2-5,11,16-18,28,31H,6-10,12-15H2,1H3,(H,29,37). The molecule has 3 fully saturated rings. The topological polar surface area (TPSA) is 111 Å². The van der Waals surface area contributed by atoms with Crippen LogP contribution in [-0.2, 0) is 0 Å². The van der Waals surface area contributed by atoms with Crippen molar-refractivity contribution < 1.29 is 4.79 Å². The Bertz CT molecular complexity index is 1560. The minimum absolute atomic E-state index is 0.118. The molecule has 6 heterocycles. The van der Waals surface area contributed by atoms with Gasteiger partial charge in [-0.05, 0) is 62.9 Å². The van der Waals surface area contributed by atoms with Crippen LogP contribution in [0.3, 0.4) is 0 Å². The number of carbonyl (C=O) groups excluding carboxylic acids is 1. The molecular formula is C27H32N8O2. The average molecular weight is 501 g/mol. The number of nitrogens with zero attached hydrogens (tertiary/aromatic N) is 5. The van der Waals surface area contributed by atoms with Crippen LogP contribution in [-0.4, -0.2) is 83.0 Å². The highest BCUT2D eigenvalue weighted by molar-refractivity contribution is 6.05. The summed E-state index contributed by atoms with van der Waals surface area (Å²) in [6.07, 6.45) is 3.64. The Morgan fingerprint density at radius 1 is 1.11 bits per heavy atom. The van der Waals surface area contributed by atoms with E-state index in [0.717, 1.165) is 63.1 Å². The Morgan fingerprint density at radius 3 is 2.65 bits per heavy atom. The van der Waals surface area contributed by atoms with Gasteiger partial charge in [0.05, 0.1) is 16.4 Å². The van der Waals surface area contributed by atoms with E-state index in [1.54, 1.807) is 6.20 Å². The number of rotatable bonds is 4. The summed E-state index contributed by atoms with van der Waals surface area (Å²) < 4.78 is 1.92. The lowest BCUT2D eigenvalue weighted by Crippen LogP contribution is -2.37. The zero-order valence-corrected chi connectivity index (χ0v) is 21.0. The number of fused-ring (bicyclic) bond motifs is 6. The van der Waals surface area contributed by atoms with Crippen LogP contribution in [0.25, 0.3) is 27.7 Å². The molecule has 37 heavy (non-hydrogen) atoms. The number of amides is 1. The highest BCUT2D eigenvalue weighted by Gasteiger charge is 2.39. The second-order valence-electron chi connectivity index (χ2n) is 11.0. The summed E-state index contributed by atoms with van der Waals surface area (Å²) in [5.74, 6) is 1.94. The Balaban J connectivity index is 1.32. The molecular weight excluding hydrogens is 468 g/mol. The number of para-hydroxylation sites is 2. The van der Waals surface area contributed by atoms with Crippen molar-refractivity contribution in [2.45, 2.75) is 12.8 Å². The van der Waals surface area contributed by atoms with Gasteiger partial charge in [0.15, 0.2) is 5.65 Å². The molecule has 0 spiro atoms. The largest absolute Gasteiger partial charge is 0.352 e. The minimum Gasteiger partial charge on any atom is -0.352 e. The molecule has 3 saturated heterocycles.